The topological polar surface area (TPSA) is 43.1 Å². The lowest BCUT2D eigenvalue weighted by molar-refractivity contribution is 0.103. The fraction of sp³-hybridized carbons (Fsp3) is 0.188. The molecule has 0 aromatic heterocycles. The first-order chi connectivity index (χ1) is 9.20. The molecule has 19 heavy (non-hydrogen) atoms. The molecule has 0 aliphatic heterocycles. The van der Waals surface area contributed by atoms with Crippen molar-refractivity contribution in [2.24, 2.45) is 5.73 Å². The third kappa shape index (κ3) is 3.66. The van der Waals surface area contributed by atoms with Gasteiger partial charge in [-0.25, -0.2) is 0 Å². The summed E-state index contributed by atoms with van der Waals surface area (Å²) in [5.41, 5.74) is 7.97. The van der Waals surface area contributed by atoms with Crippen LogP contribution in [0.2, 0.25) is 5.02 Å². The fourth-order valence-corrected chi connectivity index (χ4v) is 2.12. The number of aryl methyl sites for hydroxylation is 1. The fourth-order valence-electron chi connectivity index (χ4n) is 1.93. The number of benzene rings is 2. The minimum absolute atomic E-state index is 0.00660. The van der Waals surface area contributed by atoms with Crippen LogP contribution in [0.5, 0.6) is 0 Å². The van der Waals surface area contributed by atoms with Crippen molar-refractivity contribution in [2.45, 2.75) is 12.8 Å². The number of rotatable bonds is 5. The van der Waals surface area contributed by atoms with Gasteiger partial charge >= 0.3 is 0 Å². The summed E-state index contributed by atoms with van der Waals surface area (Å²) in [7, 11) is 0. The number of halogens is 1. The van der Waals surface area contributed by atoms with Crippen molar-refractivity contribution in [3.05, 3.63) is 70.2 Å². The van der Waals surface area contributed by atoms with Gasteiger partial charge in [-0.05, 0) is 37.1 Å². The number of hydrogen-bond donors (Lipinski definition) is 1. The highest BCUT2D eigenvalue weighted by atomic mass is 35.5. The molecule has 0 spiro atoms. The Balaban J connectivity index is 2.15. The molecule has 2 aromatic rings. The average molecular weight is 274 g/mol. The van der Waals surface area contributed by atoms with Gasteiger partial charge in [-0.2, -0.15) is 0 Å². The summed E-state index contributed by atoms with van der Waals surface area (Å²) in [4.78, 5) is 12.2. The van der Waals surface area contributed by atoms with Crippen LogP contribution in [0, 0.1) is 0 Å². The van der Waals surface area contributed by atoms with Crippen LogP contribution in [-0.2, 0) is 6.42 Å². The number of hydrogen-bond acceptors (Lipinski definition) is 2. The zero-order valence-electron chi connectivity index (χ0n) is 10.6. The van der Waals surface area contributed by atoms with Gasteiger partial charge in [0.2, 0.25) is 0 Å². The third-order valence-electron chi connectivity index (χ3n) is 2.97. The number of carbonyl (C=O) groups is 1. The standard InChI is InChI=1S/C16H16ClNO/c17-15-5-1-4-14(11-15)16(19)13-8-6-12(7-9-13)3-2-10-18/h1,4-9,11H,2-3,10,18H2. The van der Waals surface area contributed by atoms with Crippen molar-refractivity contribution in [3.63, 3.8) is 0 Å². The van der Waals surface area contributed by atoms with Crippen molar-refractivity contribution in [1.29, 1.82) is 0 Å². The molecular formula is C16H16ClNO. The minimum Gasteiger partial charge on any atom is -0.330 e. The highest BCUT2D eigenvalue weighted by molar-refractivity contribution is 6.31. The lowest BCUT2D eigenvalue weighted by Gasteiger charge is -2.04. The first-order valence-electron chi connectivity index (χ1n) is 6.30. The normalized spacial score (nSPS) is 10.4. The van der Waals surface area contributed by atoms with Crippen molar-refractivity contribution >= 4 is 17.4 Å². The van der Waals surface area contributed by atoms with E-state index in [4.69, 9.17) is 17.3 Å². The average Bonchev–Trinajstić information content (AvgIpc) is 2.45. The third-order valence-corrected chi connectivity index (χ3v) is 3.21. The summed E-state index contributed by atoms with van der Waals surface area (Å²) < 4.78 is 0. The molecule has 0 unspecified atom stereocenters. The van der Waals surface area contributed by atoms with Gasteiger partial charge in [0.05, 0.1) is 0 Å². The van der Waals surface area contributed by atoms with Crippen molar-refractivity contribution in [2.75, 3.05) is 6.54 Å². The Labute approximate surface area is 118 Å². The van der Waals surface area contributed by atoms with Gasteiger partial charge in [0.15, 0.2) is 5.78 Å². The summed E-state index contributed by atoms with van der Waals surface area (Å²) in [6.45, 7) is 0.684. The predicted octanol–water partition coefficient (Wildman–Crippen LogP) is 3.46. The summed E-state index contributed by atoms with van der Waals surface area (Å²) >= 11 is 5.89. The Morgan fingerprint density at radius 2 is 1.79 bits per heavy atom. The van der Waals surface area contributed by atoms with Crippen LogP contribution in [0.15, 0.2) is 48.5 Å². The molecule has 0 amide bonds. The van der Waals surface area contributed by atoms with Crippen LogP contribution < -0.4 is 5.73 Å². The molecule has 2 aromatic carbocycles. The van der Waals surface area contributed by atoms with Crippen LogP contribution in [0.1, 0.15) is 27.9 Å². The van der Waals surface area contributed by atoms with Crippen LogP contribution in [0.3, 0.4) is 0 Å². The molecule has 0 saturated heterocycles. The van der Waals surface area contributed by atoms with Crippen molar-refractivity contribution < 1.29 is 4.79 Å². The summed E-state index contributed by atoms with van der Waals surface area (Å²) in [6, 6.07) is 14.7. The van der Waals surface area contributed by atoms with Gasteiger partial charge in [0.1, 0.15) is 0 Å². The summed E-state index contributed by atoms with van der Waals surface area (Å²) in [5, 5.41) is 0.574. The van der Waals surface area contributed by atoms with Gasteiger partial charge < -0.3 is 5.73 Å². The molecule has 0 bridgehead atoms. The lowest BCUT2D eigenvalue weighted by atomic mass is 10.0. The monoisotopic (exact) mass is 273 g/mol. The Kier molecular flexibility index (Phi) is 4.72. The van der Waals surface area contributed by atoms with E-state index in [9.17, 15) is 4.79 Å². The second-order valence-corrected chi connectivity index (χ2v) is 4.87. The van der Waals surface area contributed by atoms with E-state index in [0.29, 0.717) is 22.7 Å². The molecule has 0 heterocycles. The maximum atomic E-state index is 12.2. The van der Waals surface area contributed by atoms with Crippen LogP contribution in [0.4, 0.5) is 0 Å². The van der Waals surface area contributed by atoms with Crippen molar-refractivity contribution in [1.82, 2.24) is 0 Å². The largest absolute Gasteiger partial charge is 0.330 e. The van der Waals surface area contributed by atoms with Crippen LogP contribution in [0.25, 0.3) is 0 Å². The first kappa shape index (κ1) is 13.8. The van der Waals surface area contributed by atoms with E-state index in [1.807, 2.05) is 24.3 Å². The summed E-state index contributed by atoms with van der Waals surface area (Å²) in [6.07, 6.45) is 1.91. The SMILES string of the molecule is NCCCc1ccc(C(=O)c2cccc(Cl)c2)cc1. The molecule has 2 rings (SSSR count). The Morgan fingerprint density at radius 1 is 1.05 bits per heavy atom. The molecular weight excluding hydrogens is 258 g/mol. The van der Waals surface area contributed by atoms with E-state index in [2.05, 4.69) is 0 Å². The van der Waals surface area contributed by atoms with Gasteiger partial charge in [0.25, 0.3) is 0 Å². The molecule has 0 atom stereocenters. The number of carbonyl (C=O) groups excluding carboxylic acids is 1. The van der Waals surface area contributed by atoms with E-state index >= 15 is 0 Å². The zero-order chi connectivity index (χ0) is 13.7. The quantitative estimate of drug-likeness (QED) is 0.848. The smallest absolute Gasteiger partial charge is 0.193 e. The number of ketones is 1. The van der Waals surface area contributed by atoms with Gasteiger partial charge in [0, 0.05) is 16.1 Å². The maximum absolute atomic E-state index is 12.2. The highest BCUT2D eigenvalue weighted by Gasteiger charge is 2.09. The molecule has 0 saturated carbocycles. The second-order valence-electron chi connectivity index (χ2n) is 4.43. The van der Waals surface area contributed by atoms with E-state index in [0.717, 1.165) is 12.8 Å². The van der Waals surface area contributed by atoms with E-state index in [-0.39, 0.29) is 5.78 Å². The molecule has 2 nitrogen and oxygen atoms in total. The van der Waals surface area contributed by atoms with E-state index in [1.54, 1.807) is 24.3 Å². The predicted molar refractivity (Wildman–Crippen MR) is 78.7 cm³/mol. The first-order valence-corrected chi connectivity index (χ1v) is 6.68. The minimum atomic E-state index is -0.00660. The lowest BCUT2D eigenvalue weighted by Crippen LogP contribution is -2.02. The van der Waals surface area contributed by atoms with Crippen molar-refractivity contribution in [3.8, 4) is 0 Å². The Bertz CT molecular complexity index is 563. The highest BCUT2D eigenvalue weighted by Crippen LogP contribution is 2.15. The Morgan fingerprint density at radius 3 is 2.42 bits per heavy atom. The molecule has 0 aliphatic carbocycles. The molecule has 0 fully saturated rings. The van der Waals surface area contributed by atoms with Crippen LogP contribution in [-0.4, -0.2) is 12.3 Å². The van der Waals surface area contributed by atoms with Crippen LogP contribution >= 0.6 is 11.6 Å². The van der Waals surface area contributed by atoms with E-state index < -0.39 is 0 Å². The number of nitrogens with two attached hydrogens (primary N) is 1. The zero-order valence-corrected chi connectivity index (χ0v) is 11.4. The maximum Gasteiger partial charge on any atom is 0.193 e. The molecule has 3 heteroatoms. The Hall–Kier alpha value is -1.64. The molecule has 2 N–H and O–H groups in total. The van der Waals surface area contributed by atoms with Gasteiger partial charge in [-0.1, -0.05) is 48.0 Å². The summed E-state index contributed by atoms with van der Waals surface area (Å²) in [5.74, 6) is -0.00660. The molecule has 0 aliphatic rings. The molecule has 0 radical (unpaired) electrons. The van der Waals surface area contributed by atoms with E-state index in [1.165, 1.54) is 5.56 Å². The van der Waals surface area contributed by atoms with Gasteiger partial charge in [-0.15, -0.1) is 0 Å². The molecule has 98 valence electrons. The second kappa shape index (κ2) is 6.50. The van der Waals surface area contributed by atoms with Gasteiger partial charge in [-0.3, -0.25) is 4.79 Å².